The number of aromatic carboxylic acids is 1. The molecule has 8 nitrogen and oxygen atoms in total. The fraction of sp³-hybridized carbons (Fsp3) is 0.455. The first-order chi connectivity index (χ1) is 20.8. The standard InChI is InChI=1S/C27H38FN3O2.C6H4ClNO2/c1-3-4-5-6-7-8-9-10-13-29-14-15-33-23-16-22(19-30-20-23)24-17-21-11-12-27(32)31(2)26(21)18-25(24)28;7-4-2-1-3-8-5(4)6(9)10/h16-20,29H,3-15H2,1-2H3;1-3H,(H,9,10). The number of aryl methyl sites for hydroxylation is 1. The summed E-state index contributed by atoms with van der Waals surface area (Å²) in [6, 6.07) is 8.17. The number of pyridine rings is 2. The van der Waals surface area contributed by atoms with Crippen molar-refractivity contribution in [2.45, 2.75) is 71.1 Å². The first-order valence-corrected chi connectivity index (χ1v) is 15.4. The summed E-state index contributed by atoms with van der Waals surface area (Å²) >= 11 is 5.48. The summed E-state index contributed by atoms with van der Waals surface area (Å²) in [6.07, 6.45) is 16.3. The van der Waals surface area contributed by atoms with Crippen LogP contribution in [0.4, 0.5) is 10.1 Å². The molecule has 0 saturated carbocycles. The van der Waals surface area contributed by atoms with Gasteiger partial charge >= 0.3 is 5.97 Å². The van der Waals surface area contributed by atoms with Crippen LogP contribution in [0.15, 0.2) is 48.9 Å². The van der Waals surface area contributed by atoms with Gasteiger partial charge in [-0.1, -0.05) is 63.5 Å². The Hall–Kier alpha value is -3.56. The molecule has 4 rings (SSSR count). The van der Waals surface area contributed by atoms with E-state index in [2.05, 4.69) is 22.2 Å². The van der Waals surface area contributed by atoms with Crippen LogP contribution in [0.3, 0.4) is 0 Å². The molecule has 0 unspecified atom stereocenters. The van der Waals surface area contributed by atoms with Crippen molar-refractivity contribution in [3.05, 3.63) is 71.0 Å². The molecule has 10 heteroatoms. The topological polar surface area (TPSA) is 105 Å². The van der Waals surface area contributed by atoms with Gasteiger partial charge < -0.3 is 20.1 Å². The highest BCUT2D eigenvalue weighted by Gasteiger charge is 2.23. The number of carbonyl (C=O) groups is 2. The number of benzene rings is 1. The summed E-state index contributed by atoms with van der Waals surface area (Å²) in [6.45, 7) is 4.57. The van der Waals surface area contributed by atoms with E-state index in [0.717, 1.165) is 18.7 Å². The predicted molar refractivity (Wildman–Crippen MR) is 169 cm³/mol. The maximum absolute atomic E-state index is 14.8. The smallest absolute Gasteiger partial charge is 0.356 e. The van der Waals surface area contributed by atoms with Gasteiger partial charge in [-0.2, -0.15) is 0 Å². The Bertz CT molecular complexity index is 1340. The number of fused-ring (bicyclic) bond motifs is 1. The molecule has 0 spiro atoms. The number of rotatable bonds is 15. The number of carboxylic acids is 1. The van der Waals surface area contributed by atoms with E-state index in [1.165, 1.54) is 74.6 Å². The van der Waals surface area contributed by atoms with Gasteiger partial charge in [0.15, 0.2) is 5.69 Å². The lowest BCUT2D eigenvalue weighted by Crippen LogP contribution is -2.31. The molecule has 1 aliphatic heterocycles. The highest BCUT2D eigenvalue weighted by atomic mass is 35.5. The van der Waals surface area contributed by atoms with Crippen LogP contribution >= 0.6 is 11.6 Å². The zero-order chi connectivity index (χ0) is 31.0. The van der Waals surface area contributed by atoms with Crippen molar-refractivity contribution < 1.29 is 23.8 Å². The number of unbranched alkanes of at least 4 members (excludes halogenated alkanes) is 7. The van der Waals surface area contributed by atoms with Crippen molar-refractivity contribution in [1.82, 2.24) is 15.3 Å². The molecule has 0 saturated heterocycles. The number of halogens is 2. The Morgan fingerprint density at radius 3 is 2.51 bits per heavy atom. The summed E-state index contributed by atoms with van der Waals surface area (Å²) in [7, 11) is 1.69. The van der Waals surface area contributed by atoms with Gasteiger partial charge in [0, 0.05) is 49.2 Å². The van der Waals surface area contributed by atoms with Crippen molar-refractivity contribution in [1.29, 1.82) is 0 Å². The second-order valence-corrected chi connectivity index (χ2v) is 10.9. The van der Waals surface area contributed by atoms with E-state index in [1.807, 2.05) is 12.1 Å². The normalized spacial score (nSPS) is 12.4. The third-order valence-electron chi connectivity index (χ3n) is 7.25. The summed E-state index contributed by atoms with van der Waals surface area (Å²) in [4.78, 5) is 31.5. The highest BCUT2D eigenvalue weighted by molar-refractivity contribution is 6.33. The number of nitrogens with zero attached hydrogens (tertiary/aromatic N) is 3. The van der Waals surface area contributed by atoms with E-state index < -0.39 is 5.97 Å². The van der Waals surface area contributed by atoms with Gasteiger partial charge in [0.1, 0.15) is 18.2 Å². The van der Waals surface area contributed by atoms with Gasteiger partial charge in [-0.25, -0.2) is 14.2 Å². The quantitative estimate of drug-likeness (QED) is 0.173. The molecule has 43 heavy (non-hydrogen) atoms. The van der Waals surface area contributed by atoms with Crippen molar-refractivity contribution in [2.24, 2.45) is 0 Å². The molecule has 0 atom stereocenters. The first-order valence-electron chi connectivity index (χ1n) is 15.0. The Labute approximate surface area is 258 Å². The fourth-order valence-corrected chi connectivity index (χ4v) is 5.03. The first kappa shape index (κ1) is 33.9. The number of hydrogen-bond acceptors (Lipinski definition) is 6. The number of anilines is 1. The molecular weight excluding hydrogens is 571 g/mol. The number of amides is 1. The third kappa shape index (κ3) is 10.9. The molecule has 1 aromatic carbocycles. The monoisotopic (exact) mass is 612 g/mol. The van der Waals surface area contributed by atoms with Crippen LogP contribution in [0.5, 0.6) is 5.75 Å². The predicted octanol–water partition coefficient (Wildman–Crippen LogP) is 7.34. The van der Waals surface area contributed by atoms with Gasteiger partial charge in [0.05, 0.1) is 11.2 Å². The minimum Gasteiger partial charge on any atom is -0.491 e. The SMILES string of the molecule is CCCCCCCCCCNCCOc1cncc(-c2cc3c(cc2F)N(C)C(=O)CC3)c1.O=C(O)c1ncccc1Cl. The molecule has 1 amide bonds. The lowest BCUT2D eigenvalue weighted by molar-refractivity contribution is -0.118. The Morgan fingerprint density at radius 2 is 1.81 bits per heavy atom. The van der Waals surface area contributed by atoms with Gasteiger partial charge in [-0.3, -0.25) is 9.78 Å². The lowest BCUT2D eigenvalue weighted by Gasteiger charge is -2.26. The third-order valence-corrected chi connectivity index (χ3v) is 7.56. The van der Waals surface area contributed by atoms with Gasteiger partial charge in [0.25, 0.3) is 0 Å². The number of nitrogens with one attached hydrogen (secondary N) is 1. The van der Waals surface area contributed by atoms with Gasteiger partial charge in [-0.05, 0) is 55.3 Å². The van der Waals surface area contributed by atoms with Crippen molar-refractivity contribution in [2.75, 3.05) is 31.6 Å². The van der Waals surface area contributed by atoms with Crippen LogP contribution in [-0.4, -0.2) is 53.7 Å². The molecular formula is C33H42ClFN4O4. The Balaban J connectivity index is 0.000000428. The van der Waals surface area contributed by atoms with E-state index in [4.69, 9.17) is 21.4 Å². The van der Waals surface area contributed by atoms with Gasteiger partial charge in [0.2, 0.25) is 5.91 Å². The van der Waals surface area contributed by atoms with E-state index >= 15 is 0 Å². The molecule has 0 fully saturated rings. The second kappa shape index (κ2) is 18.2. The summed E-state index contributed by atoms with van der Waals surface area (Å²) in [5.41, 5.74) is 2.69. The average Bonchev–Trinajstić information content (AvgIpc) is 3.00. The molecule has 2 N–H and O–H groups in total. The van der Waals surface area contributed by atoms with Crippen molar-refractivity contribution >= 4 is 29.2 Å². The van der Waals surface area contributed by atoms with Crippen LogP contribution in [0.1, 0.15) is 80.8 Å². The second-order valence-electron chi connectivity index (χ2n) is 10.5. The summed E-state index contributed by atoms with van der Waals surface area (Å²) in [5.74, 6) is -0.819. The Morgan fingerprint density at radius 1 is 1.07 bits per heavy atom. The molecule has 232 valence electrons. The highest BCUT2D eigenvalue weighted by Crippen LogP contribution is 2.34. The average molecular weight is 613 g/mol. The zero-order valence-electron chi connectivity index (χ0n) is 25.1. The van der Waals surface area contributed by atoms with Crippen LogP contribution in [-0.2, 0) is 11.2 Å². The Kier molecular flexibility index (Phi) is 14.3. The maximum Gasteiger partial charge on any atom is 0.356 e. The van der Waals surface area contributed by atoms with E-state index in [0.29, 0.717) is 42.0 Å². The summed E-state index contributed by atoms with van der Waals surface area (Å²) < 4.78 is 20.7. The van der Waals surface area contributed by atoms with Crippen LogP contribution < -0.4 is 15.0 Å². The minimum atomic E-state index is -1.11. The van der Waals surface area contributed by atoms with E-state index in [-0.39, 0.29) is 22.4 Å². The van der Waals surface area contributed by atoms with Crippen molar-refractivity contribution in [3.63, 3.8) is 0 Å². The lowest BCUT2D eigenvalue weighted by atomic mass is 9.96. The maximum atomic E-state index is 14.8. The number of carboxylic acid groups (broad SMARTS) is 1. The minimum absolute atomic E-state index is 0.0164. The van der Waals surface area contributed by atoms with Crippen LogP contribution in [0, 0.1) is 5.82 Å². The van der Waals surface area contributed by atoms with E-state index in [9.17, 15) is 14.0 Å². The molecule has 1 aliphatic rings. The summed E-state index contributed by atoms with van der Waals surface area (Å²) in [5, 5.41) is 12.0. The molecule has 3 aromatic rings. The zero-order valence-corrected chi connectivity index (χ0v) is 25.8. The fourth-order valence-electron chi connectivity index (χ4n) is 4.82. The molecule has 0 bridgehead atoms. The number of hydrogen-bond donors (Lipinski definition) is 2. The molecule has 0 aliphatic carbocycles. The van der Waals surface area contributed by atoms with Crippen LogP contribution in [0.25, 0.3) is 11.1 Å². The molecule has 2 aromatic heterocycles. The van der Waals surface area contributed by atoms with Gasteiger partial charge in [-0.15, -0.1) is 0 Å². The number of carbonyl (C=O) groups excluding carboxylic acids is 1. The van der Waals surface area contributed by atoms with E-state index in [1.54, 1.807) is 25.5 Å². The largest absolute Gasteiger partial charge is 0.491 e. The van der Waals surface area contributed by atoms with Crippen molar-refractivity contribution in [3.8, 4) is 16.9 Å². The number of ether oxygens (including phenoxy) is 1. The molecule has 0 radical (unpaired) electrons. The number of aromatic nitrogens is 2. The molecule has 3 heterocycles. The van der Waals surface area contributed by atoms with Crippen LogP contribution in [0.2, 0.25) is 5.02 Å².